The first kappa shape index (κ1) is 20.4. The van der Waals surface area contributed by atoms with Crippen LogP contribution in [-0.4, -0.2) is 33.7 Å². The number of anilines is 1. The van der Waals surface area contributed by atoms with Crippen LogP contribution in [0.1, 0.15) is 34.2 Å². The number of pyridine rings is 1. The molecule has 5 N–H and O–H groups in total. The lowest BCUT2D eigenvalue weighted by Crippen LogP contribution is -2.24. The number of hydrogen-bond donors (Lipinski definition) is 5. The summed E-state index contributed by atoms with van der Waals surface area (Å²) >= 11 is 0. The van der Waals surface area contributed by atoms with Crippen molar-refractivity contribution in [1.82, 2.24) is 4.98 Å². The Morgan fingerprint density at radius 1 is 1.24 bits per heavy atom. The van der Waals surface area contributed by atoms with Gasteiger partial charge < -0.3 is 25.9 Å². The SMILES string of the molecule is CNc1cc(F)cc2cc(C(=O)C(=N)CCc3cccc(C(O)O)c3)c(=O)[nH]c12. The lowest BCUT2D eigenvalue weighted by atomic mass is 9.99. The molecule has 0 saturated heterocycles. The summed E-state index contributed by atoms with van der Waals surface area (Å²) in [5.74, 6) is -1.25. The maximum Gasteiger partial charge on any atom is 0.259 e. The smallest absolute Gasteiger partial charge is 0.259 e. The van der Waals surface area contributed by atoms with Crippen molar-refractivity contribution < 1.29 is 19.4 Å². The zero-order valence-electron chi connectivity index (χ0n) is 15.6. The first-order valence-electron chi connectivity index (χ1n) is 8.91. The van der Waals surface area contributed by atoms with Crippen LogP contribution in [0.3, 0.4) is 0 Å². The number of Topliss-reactive ketones (excluding diaryl/α,β-unsaturated/α-hetero) is 1. The molecule has 7 nitrogen and oxygen atoms in total. The lowest BCUT2D eigenvalue weighted by molar-refractivity contribution is -0.0425. The monoisotopic (exact) mass is 397 g/mol. The molecule has 1 aromatic heterocycles. The predicted octanol–water partition coefficient (Wildman–Crippen LogP) is 2.53. The van der Waals surface area contributed by atoms with E-state index in [1.165, 1.54) is 18.2 Å². The number of fused-ring (bicyclic) bond motifs is 1. The standard InChI is InChI=1S/C21H20FN3O4/c1-24-17-10-14(22)8-13-9-15(20(27)25-18(13)17)19(26)16(23)6-5-11-3-2-4-12(7-11)21(28)29/h2-4,7-10,21,23-24,28-29H,5-6H2,1H3,(H,25,27). The Morgan fingerprint density at radius 3 is 2.69 bits per heavy atom. The van der Waals surface area contributed by atoms with Crippen LogP contribution < -0.4 is 10.9 Å². The molecule has 3 aromatic rings. The van der Waals surface area contributed by atoms with Crippen molar-refractivity contribution in [3.63, 3.8) is 0 Å². The highest BCUT2D eigenvalue weighted by Gasteiger charge is 2.18. The summed E-state index contributed by atoms with van der Waals surface area (Å²) < 4.78 is 13.8. The Labute approximate surface area is 165 Å². The van der Waals surface area contributed by atoms with E-state index in [0.29, 0.717) is 28.6 Å². The number of H-pyrrole nitrogens is 1. The molecule has 0 unspecified atom stereocenters. The molecule has 2 aromatic carbocycles. The highest BCUT2D eigenvalue weighted by Crippen LogP contribution is 2.23. The number of hydrogen-bond acceptors (Lipinski definition) is 6. The van der Waals surface area contributed by atoms with E-state index in [1.807, 2.05) is 0 Å². The second-order valence-corrected chi connectivity index (χ2v) is 6.61. The molecule has 0 aliphatic carbocycles. The van der Waals surface area contributed by atoms with Crippen molar-refractivity contribution in [2.45, 2.75) is 19.1 Å². The van der Waals surface area contributed by atoms with Crippen LogP contribution in [0.5, 0.6) is 0 Å². The van der Waals surface area contributed by atoms with E-state index in [1.54, 1.807) is 31.3 Å². The Hall–Kier alpha value is -3.36. The van der Waals surface area contributed by atoms with E-state index in [2.05, 4.69) is 10.3 Å². The zero-order valence-corrected chi connectivity index (χ0v) is 15.6. The quantitative estimate of drug-likeness (QED) is 0.238. The van der Waals surface area contributed by atoms with Crippen LogP contribution >= 0.6 is 0 Å². The maximum atomic E-state index is 13.8. The van der Waals surface area contributed by atoms with E-state index in [9.17, 15) is 24.2 Å². The minimum atomic E-state index is -1.60. The van der Waals surface area contributed by atoms with Crippen molar-refractivity contribution >= 4 is 28.1 Å². The van der Waals surface area contributed by atoms with Crippen LogP contribution in [0.25, 0.3) is 10.9 Å². The number of ketones is 1. The number of aryl methyl sites for hydroxylation is 1. The van der Waals surface area contributed by atoms with Gasteiger partial charge in [0.15, 0.2) is 6.29 Å². The van der Waals surface area contributed by atoms with Gasteiger partial charge >= 0.3 is 0 Å². The number of rotatable bonds is 7. The number of halogens is 1. The molecular formula is C21H20FN3O4. The molecule has 0 aliphatic rings. The van der Waals surface area contributed by atoms with Crippen molar-refractivity contribution in [3.8, 4) is 0 Å². The average molecular weight is 397 g/mol. The molecule has 0 spiro atoms. The van der Waals surface area contributed by atoms with Crippen LogP contribution in [0.2, 0.25) is 0 Å². The summed E-state index contributed by atoms with van der Waals surface area (Å²) in [4.78, 5) is 27.6. The maximum absolute atomic E-state index is 13.8. The predicted molar refractivity (Wildman–Crippen MR) is 108 cm³/mol. The van der Waals surface area contributed by atoms with E-state index in [0.717, 1.165) is 5.56 Å². The summed E-state index contributed by atoms with van der Waals surface area (Å²) in [5, 5.41) is 29.6. The Morgan fingerprint density at radius 2 is 2.00 bits per heavy atom. The summed E-state index contributed by atoms with van der Waals surface area (Å²) in [6.45, 7) is 0. The largest absolute Gasteiger partial charge is 0.386 e. The van der Waals surface area contributed by atoms with Gasteiger partial charge in [0.1, 0.15) is 5.82 Å². The first-order valence-corrected chi connectivity index (χ1v) is 8.91. The topological polar surface area (TPSA) is 126 Å². The van der Waals surface area contributed by atoms with Gasteiger partial charge in [-0.2, -0.15) is 0 Å². The average Bonchev–Trinajstić information content (AvgIpc) is 2.71. The van der Waals surface area contributed by atoms with Gasteiger partial charge in [0.2, 0.25) is 5.78 Å². The molecule has 150 valence electrons. The van der Waals surface area contributed by atoms with Gasteiger partial charge in [0.25, 0.3) is 5.56 Å². The Balaban J connectivity index is 1.83. The second-order valence-electron chi connectivity index (χ2n) is 6.61. The summed E-state index contributed by atoms with van der Waals surface area (Å²) in [7, 11) is 1.59. The molecule has 0 radical (unpaired) electrons. The molecular weight excluding hydrogens is 377 g/mol. The number of nitrogens with one attached hydrogen (secondary N) is 3. The fourth-order valence-corrected chi connectivity index (χ4v) is 3.10. The van der Waals surface area contributed by atoms with Crippen LogP contribution in [0.15, 0.2) is 47.3 Å². The third kappa shape index (κ3) is 4.39. The molecule has 1 heterocycles. The van der Waals surface area contributed by atoms with Gasteiger partial charge in [0.05, 0.1) is 22.5 Å². The number of aromatic amines is 1. The first-order chi connectivity index (χ1) is 13.8. The number of aliphatic hydroxyl groups is 2. The third-order valence-corrected chi connectivity index (χ3v) is 4.62. The highest BCUT2D eigenvalue weighted by molar-refractivity contribution is 6.45. The zero-order chi connectivity index (χ0) is 21.1. The normalized spacial score (nSPS) is 11.1. The molecule has 0 fully saturated rings. The minimum Gasteiger partial charge on any atom is -0.386 e. The number of aliphatic hydroxyl groups excluding tert-OH is 1. The van der Waals surface area contributed by atoms with Gasteiger partial charge in [-0.3, -0.25) is 9.59 Å². The fourth-order valence-electron chi connectivity index (χ4n) is 3.10. The molecule has 0 saturated carbocycles. The van der Waals surface area contributed by atoms with Crippen LogP contribution in [0, 0.1) is 11.2 Å². The minimum absolute atomic E-state index is 0.0617. The van der Waals surface area contributed by atoms with Crippen molar-refractivity contribution in [2.75, 3.05) is 12.4 Å². The van der Waals surface area contributed by atoms with Gasteiger partial charge in [-0.25, -0.2) is 4.39 Å². The van der Waals surface area contributed by atoms with Crippen molar-refractivity contribution in [2.24, 2.45) is 0 Å². The Kier molecular flexibility index (Phi) is 5.86. The van der Waals surface area contributed by atoms with Crippen molar-refractivity contribution in [1.29, 1.82) is 5.41 Å². The van der Waals surface area contributed by atoms with Crippen LogP contribution in [-0.2, 0) is 6.42 Å². The fraction of sp³-hybridized carbons (Fsp3) is 0.190. The molecule has 0 atom stereocenters. The summed E-state index contributed by atoms with van der Waals surface area (Å²) in [6, 6.07) is 10.3. The Bertz CT molecular complexity index is 1150. The molecule has 3 rings (SSSR count). The number of carbonyl (C=O) groups excluding carboxylic acids is 1. The van der Waals surface area contributed by atoms with Gasteiger partial charge in [-0.05, 0) is 36.6 Å². The van der Waals surface area contributed by atoms with Gasteiger partial charge in [-0.1, -0.05) is 24.3 Å². The number of aromatic nitrogens is 1. The highest BCUT2D eigenvalue weighted by atomic mass is 19.1. The molecule has 29 heavy (non-hydrogen) atoms. The van der Waals surface area contributed by atoms with E-state index >= 15 is 0 Å². The number of benzene rings is 2. The van der Waals surface area contributed by atoms with E-state index < -0.39 is 23.4 Å². The lowest BCUT2D eigenvalue weighted by Gasteiger charge is -2.09. The summed E-state index contributed by atoms with van der Waals surface area (Å²) in [5.41, 5.74) is 0.652. The van der Waals surface area contributed by atoms with Gasteiger partial charge in [0, 0.05) is 18.0 Å². The van der Waals surface area contributed by atoms with Gasteiger partial charge in [-0.15, -0.1) is 0 Å². The second kappa shape index (κ2) is 8.34. The molecule has 0 amide bonds. The van der Waals surface area contributed by atoms with Crippen LogP contribution in [0.4, 0.5) is 10.1 Å². The number of carbonyl (C=O) groups is 1. The molecule has 0 aliphatic heterocycles. The summed E-state index contributed by atoms with van der Waals surface area (Å²) in [6.07, 6.45) is -1.23. The molecule has 0 bridgehead atoms. The van der Waals surface area contributed by atoms with E-state index in [4.69, 9.17) is 5.41 Å². The third-order valence-electron chi connectivity index (χ3n) is 4.62. The molecule has 8 heteroatoms. The van der Waals surface area contributed by atoms with E-state index in [-0.39, 0.29) is 17.7 Å². The van der Waals surface area contributed by atoms with Crippen molar-refractivity contribution in [3.05, 3.63) is 75.3 Å².